The normalized spacial score (nSPS) is 18.3. The second kappa shape index (κ2) is 5.76. The summed E-state index contributed by atoms with van der Waals surface area (Å²) in [5.41, 5.74) is 2.91. The zero-order valence-electron chi connectivity index (χ0n) is 13.6. The third kappa shape index (κ3) is 2.44. The molecule has 1 atom stereocenters. The molecule has 0 bridgehead atoms. The van der Waals surface area contributed by atoms with Gasteiger partial charge >= 0.3 is 0 Å². The number of rotatable bonds is 3. The Bertz CT molecular complexity index is 982. The Morgan fingerprint density at radius 1 is 1.08 bits per heavy atom. The Hall–Kier alpha value is -2.11. The molecule has 2 heterocycles. The Morgan fingerprint density at radius 3 is 2.54 bits per heavy atom. The Morgan fingerprint density at radius 2 is 1.83 bits per heavy atom. The molecule has 0 radical (unpaired) electrons. The number of nitrogens with one attached hydrogen (secondary N) is 1. The number of nitrogens with zero attached hydrogens (tertiary/aromatic N) is 1. The molecule has 1 aliphatic rings. The van der Waals surface area contributed by atoms with E-state index in [2.05, 4.69) is 5.32 Å². The Balaban J connectivity index is 1.91. The zero-order valence-corrected chi connectivity index (χ0v) is 14.4. The van der Waals surface area contributed by atoms with Gasteiger partial charge in [-0.2, -0.15) is 0 Å². The van der Waals surface area contributed by atoms with Crippen molar-refractivity contribution < 1.29 is 8.42 Å². The van der Waals surface area contributed by atoms with Gasteiger partial charge < -0.3 is 5.32 Å². The predicted molar refractivity (Wildman–Crippen MR) is 95.9 cm³/mol. The second-order valence-corrected chi connectivity index (χ2v) is 8.22. The summed E-state index contributed by atoms with van der Waals surface area (Å²) in [6.45, 7) is 3.83. The van der Waals surface area contributed by atoms with E-state index in [9.17, 15) is 8.42 Å². The van der Waals surface area contributed by atoms with Crippen LogP contribution in [-0.4, -0.2) is 25.5 Å². The average Bonchev–Trinajstić information content (AvgIpc) is 3.23. The molecule has 1 fully saturated rings. The van der Waals surface area contributed by atoms with E-state index in [-0.39, 0.29) is 0 Å². The monoisotopic (exact) mass is 340 g/mol. The molecule has 0 amide bonds. The minimum Gasteiger partial charge on any atom is -0.316 e. The van der Waals surface area contributed by atoms with Crippen LogP contribution in [0.5, 0.6) is 0 Å². The molecule has 1 aromatic heterocycles. The molecule has 1 saturated heterocycles. The molecule has 5 heteroatoms. The highest BCUT2D eigenvalue weighted by molar-refractivity contribution is 7.90. The average molecular weight is 340 g/mol. The van der Waals surface area contributed by atoms with Gasteiger partial charge in [0, 0.05) is 18.1 Å². The van der Waals surface area contributed by atoms with Gasteiger partial charge in [-0.3, -0.25) is 0 Å². The smallest absolute Gasteiger partial charge is 0.268 e. The fourth-order valence-corrected chi connectivity index (χ4v) is 4.82. The number of hydrogen-bond acceptors (Lipinski definition) is 3. The molecule has 24 heavy (non-hydrogen) atoms. The summed E-state index contributed by atoms with van der Waals surface area (Å²) in [4.78, 5) is 0.324. The van der Waals surface area contributed by atoms with Gasteiger partial charge in [0.25, 0.3) is 10.0 Å². The molecule has 124 valence electrons. The first-order chi connectivity index (χ1) is 11.6. The standard InChI is InChI=1S/C19H20N2O2S/c1-14-6-8-16(9-7-14)24(22,23)21-13-18(15-10-11-20-12-15)17-4-2-3-5-19(17)21/h2-9,13,15,20H,10-12H2,1H3. The topological polar surface area (TPSA) is 51.1 Å². The van der Waals surface area contributed by atoms with E-state index in [1.165, 1.54) is 3.97 Å². The third-order valence-electron chi connectivity index (χ3n) is 4.79. The van der Waals surface area contributed by atoms with E-state index in [0.717, 1.165) is 41.5 Å². The van der Waals surface area contributed by atoms with Crippen LogP contribution in [0.2, 0.25) is 0 Å². The van der Waals surface area contributed by atoms with E-state index in [1.807, 2.05) is 49.5 Å². The first kappa shape index (κ1) is 15.4. The summed E-state index contributed by atoms with van der Waals surface area (Å²) >= 11 is 0. The van der Waals surface area contributed by atoms with Gasteiger partial charge in [-0.25, -0.2) is 12.4 Å². The molecular formula is C19H20N2O2S. The minimum atomic E-state index is -3.59. The summed E-state index contributed by atoms with van der Waals surface area (Å²) in [5, 5.41) is 4.39. The number of benzene rings is 2. The van der Waals surface area contributed by atoms with Crippen molar-refractivity contribution >= 4 is 20.9 Å². The van der Waals surface area contributed by atoms with Gasteiger partial charge in [-0.1, -0.05) is 35.9 Å². The van der Waals surface area contributed by atoms with Crippen molar-refractivity contribution in [3.63, 3.8) is 0 Å². The summed E-state index contributed by atoms with van der Waals surface area (Å²) in [6, 6.07) is 14.8. The number of aryl methyl sites for hydroxylation is 1. The summed E-state index contributed by atoms with van der Waals surface area (Å²) in [5.74, 6) is 0.365. The van der Waals surface area contributed by atoms with Crippen molar-refractivity contribution in [2.24, 2.45) is 0 Å². The van der Waals surface area contributed by atoms with E-state index >= 15 is 0 Å². The highest BCUT2D eigenvalue weighted by Gasteiger charge is 2.25. The Labute approximate surface area is 142 Å². The number of para-hydroxylation sites is 1. The van der Waals surface area contributed by atoms with E-state index in [0.29, 0.717) is 10.8 Å². The van der Waals surface area contributed by atoms with E-state index < -0.39 is 10.0 Å². The van der Waals surface area contributed by atoms with Crippen LogP contribution in [-0.2, 0) is 10.0 Å². The van der Waals surface area contributed by atoms with Gasteiger partial charge in [0.2, 0.25) is 0 Å². The van der Waals surface area contributed by atoms with Crippen LogP contribution < -0.4 is 5.32 Å². The van der Waals surface area contributed by atoms with Crippen molar-refractivity contribution in [2.45, 2.75) is 24.2 Å². The number of hydrogen-bond donors (Lipinski definition) is 1. The molecule has 4 nitrogen and oxygen atoms in total. The lowest BCUT2D eigenvalue weighted by molar-refractivity contribution is 0.588. The SMILES string of the molecule is Cc1ccc(S(=O)(=O)n2cc(C3CCNC3)c3ccccc32)cc1. The first-order valence-electron chi connectivity index (χ1n) is 8.20. The lowest BCUT2D eigenvalue weighted by atomic mass is 9.98. The zero-order chi connectivity index (χ0) is 16.7. The molecule has 0 aliphatic carbocycles. The van der Waals surface area contributed by atoms with Crippen LogP contribution >= 0.6 is 0 Å². The van der Waals surface area contributed by atoms with Crippen molar-refractivity contribution in [2.75, 3.05) is 13.1 Å². The largest absolute Gasteiger partial charge is 0.316 e. The molecule has 0 saturated carbocycles. The molecule has 0 spiro atoms. The maximum absolute atomic E-state index is 13.1. The number of fused-ring (bicyclic) bond motifs is 1. The predicted octanol–water partition coefficient (Wildman–Crippen LogP) is 3.26. The van der Waals surface area contributed by atoms with Crippen molar-refractivity contribution in [3.8, 4) is 0 Å². The molecule has 3 aromatic rings. The fourth-order valence-electron chi connectivity index (χ4n) is 3.44. The van der Waals surface area contributed by atoms with Gasteiger partial charge in [0.1, 0.15) is 0 Å². The van der Waals surface area contributed by atoms with Crippen molar-refractivity contribution in [1.29, 1.82) is 0 Å². The van der Waals surface area contributed by atoms with Crippen LogP contribution in [0.15, 0.2) is 59.6 Å². The maximum atomic E-state index is 13.1. The lowest BCUT2D eigenvalue weighted by Gasteiger charge is -2.08. The van der Waals surface area contributed by atoms with Gasteiger partial charge in [-0.15, -0.1) is 0 Å². The summed E-state index contributed by atoms with van der Waals surface area (Å²) in [6.07, 6.45) is 2.86. The van der Waals surface area contributed by atoms with Crippen LogP contribution in [0, 0.1) is 6.92 Å². The highest BCUT2D eigenvalue weighted by atomic mass is 32.2. The number of aromatic nitrogens is 1. The van der Waals surface area contributed by atoms with Crippen molar-refractivity contribution in [3.05, 3.63) is 65.9 Å². The van der Waals surface area contributed by atoms with Gasteiger partial charge in [0.15, 0.2) is 0 Å². The highest BCUT2D eigenvalue weighted by Crippen LogP contribution is 2.33. The van der Waals surface area contributed by atoms with E-state index in [4.69, 9.17) is 0 Å². The molecule has 1 N–H and O–H groups in total. The van der Waals surface area contributed by atoms with Crippen LogP contribution in [0.3, 0.4) is 0 Å². The van der Waals surface area contributed by atoms with Gasteiger partial charge in [0.05, 0.1) is 10.4 Å². The van der Waals surface area contributed by atoms with Crippen LogP contribution in [0.1, 0.15) is 23.5 Å². The molecular weight excluding hydrogens is 320 g/mol. The molecule has 1 unspecified atom stereocenters. The second-order valence-electron chi connectivity index (χ2n) is 6.41. The molecule has 1 aliphatic heterocycles. The van der Waals surface area contributed by atoms with Crippen LogP contribution in [0.4, 0.5) is 0 Å². The maximum Gasteiger partial charge on any atom is 0.268 e. The van der Waals surface area contributed by atoms with Crippen LogP contribution in [0.25, 0.3) is 10.9 Å². The summed E-state index contributed by atoms with van der Waals surface area (Å²) < 4.78 is 27.7. The van der Waals surface area contributed by atoms with E-state index in [1.54, 1.807) is 12.1 Å². The van der Waals surface area contributed by atoms with Gasteiger partial charge in [-0.05, 0) is 49.6 Å². The van der Waals surface area contributed by atoms with Crippen molar-refractivity contribution in [1.82, 2.24) is 9.29 Å². The molecule has 2 aromatic carbocycles. The third-order valence-corrected chi connectivity index (χ3v) is 6.47. The minimum absolute atomic E-state index is 0.324. The summed E-state index contributed by atoms with van der Waals surface area (Å²) in [7, 11) is -3.59. The quantitative estimate of drug-likeness (QED) is 0.796. The Kier molecular flexibility index (Phi) is 3.70. The molecule has 4 rings (SSSR count). The first-order valence-corrected chi connectivity index (χ1v) is 9.64. The fraction of sp³-hybridized carbons (Fsp3) is 0.263. The lowest BCUT2D eigenvalue weighted by Crippen LogP contribution is -2.12.